The summed E-state index contributed by atoms with van der Waals surface area (Å²) in [5.41, 5.74) is 2.44. The van der Waals surface area contributed by atoms with Crippen LogP contribution in [0.2, 0.25) is 0 Å². The minimum Gasteiger partial charge on any atom is -0.449 e. The fourth-order valence-corrected chi connectivity index (χ4v) is 3.47. The van der Waals surface area contributed by atoms with Gasteiger partial charge in [0.25, 0.3) is 0 Å². The van der Waals surface area contributed by atoms with E-state index in [4.69, 9.17) is 4.74 Å². The summed E-state index contributed by atoms with van der Waals surface area (Å²) in [5, 5.41) is 12.1. The molecule has 2 N–H and O–H groups in total. The first-order valence-electron chi connectivity index (χ1n) is 9.20. The van der Waals surface area contributed by atoms with Crippen molar-refractivity contribution in [2.75, 3.05) is 25.5 Å². The molecule has 0 bridgehead atoms. The molecule has 2 aromatic carbocycles. The van der Waals surface area contributed by atoms with Crippen LogP contribution >= 0.6 is 0 Å². The van der Waals surface area contributed by atoms with Gasteiger partial charge in [-0.15, -0.1) is 0 Å². The standard InChI is InChI=1S/C21H25FN2O3/c1-24-10-3-6-18(24)9-11-27-21(26)23-20-8-7-15(14-25)12-19(20)16-4-2-5-17(22)13-16/h2,4-5,7-8,12-13,18,25H,3,6,9-11,14H2,1H3,(H,23,26). The summed E-state index contributed by atoms with van der Waals surface area (Å²) in [7, 11) is 2.09. The summed E-state index contributed by atoms with van der Waals surface area (Å²) < 4.78 is 18.9. The van der Waals surface area contributed by atoms with Gasteiger partial charge < -0.3 is 14.7 Å². The summed E-state index contributed by atoms with van der Waals surface area (Å²) in [6.07, 6.45) is 2.59. The second-order valence-electron chi connectivity index (χ2n) is 6.87. The highest BCUT2D eigenvalue weighted by atomic mass is 19.1. The minimum atomic E-state index is -0.537. The second-order valence-corrected chi connectivity index (χ2v) is 6.87. The molecule has 1 amide bonds. The fourth-order valence-electron chi connectivity index (χ4n) is 3.47. The first-order chi connectivity index (χ1) is 13.1. The molecule has 0 spiro atoms. The van der Waals surface area contributed by atoms with Crippen molar-refractivity contribution in [1.29, 1.82) is 0 Å². The topological polar surface area (TPSA) is 61.8 Å². The predicted octanol–water partition coefficient (Wildman–Crippen LogP) is 4.02. The van der Waals surface area contributed by atoms with E-state index >= 15 is 0 Å². The number of aliphatic hydroxyl groups excluding tert-OH is 1. The maximum atomic E-state index is 13.6. The van der Waals surface area contributed by atoms with E-state index in [1.54, 1.807) is 30.3 Å². The maximum absolute atomic E-state index is 13.6. The Hall–Kier alpha value is -2.44. The Bertz CT molecular complexity index is 797. The Balaban J connectivity index is 1.67. The van der Waals surface area contributed by atoms with Crippen molar-refractivity contribution in [2.24, 2.45) is 0 Å². The molecule has 5 nitrogen and oxygen atoms in total. The number of amides is 1. The molecule has 3 rings (SSSR count). The van der Waals surface area contributed by atoms with Crippen LogP contribution in [0.3, 0.4) is 0 Å². The van der Waals surface area contributed by atoms with E-state index in [9.17, 15) is 14.3 Å². The lowest BCUT2D eigenvalue weighted by Crippen LogP contribution is -2.27. The average molecular weight is 372 g/mol. The smallest absolute Gasteiger partial charge is 0.411 e. The van der Waals surface area contributed by atoms with Gasteiger partial charge in [0, 0.05) is 11.6 Å². The van der Waals surface area contributed by atoms with E-state index in [2.05, 4.69) is 17.3 Å². The van der Waals surface area contributed by atoms with Crippen molar-refractivity contribution < 1.29 is 19.0 Å². The van der Waals surface area contributed by atoms with Gasteiger partial charge in [0.15, 0.2) is 0 Å². The van der Waals surface area contributed by atoms with Crippen LogP contribution in [0.5, 0.6) is 0 Å². The number of anilines is 1. The average Bonchev–Trinajstić information content (AvgIpc) is 3.07. The largest absolute Gasteiger partial charge is 0.449 e. The van der Waals surface area contributed by atoms with Crippen LogP contribution in [0.4, 0.5) is 14.9 Å². The van der Waals surface area contributed by atoms with Gasteiger partial charge in [-0.25, -0.2) is 9.18 Å². The number of aliphatic hydroxyl groups is 1. The molecule has 6 heteroatoms. The molecule has 1 heterocycles. The van der Waals surface area contributed by atoms with Gasteiger partial charge in [-0.3, -0.25) is 5.32 Å². The van der Waals surface area contributed by atoms with Crippen LogP contribution in [0.1, 0.15) is 24.8 Å². The number of halogens is 1. The summed E-state index contributed by atoms with van der Waals surface area (Å²) in [4.78, 5) is 14.5. The number of ether oxygens (including phenoxy) is 1. The minimum absolute atomic E-state index is 0.137. The summed E-state index contributed by atoms with van der Waals surface area (Å²) in [6.45, 7) is 1.30. The molecule has 0 saturated carbocycles. The highest BCUT2D eigenvalue weighted by molar-refractivity contribution is 5.91. The van der Waals surface area contributed by atoms with E-state index < -0.39 is 6.09 Å². The third kappa shape index (κ3) is 5.05. The number of hydrogen-bond donors (Lipinski definition) is 2. The molecule has 144 valence electrons. The molecule has 0 aliphatic carbocycles. The molecule has 2 aromatic rings. The molecule has 1 aliphatic heterocycles. The van der Waals surface area contributed by atoms with Gasteiger partial charge >= 0.3 is 6.09 Å². The number of rotatable bonds is 6. The molecule has 0 radical (unpaired) electrons. The van der Waals surface area contributed by atoms with Crippen LogP contribution in [-0.2, 0) is 11.3 Å². The van der Waals surface area contributed by atoms with Crippen LogP contribution in [0.25, 0.3) is 11.1 Å². The first-order valence-corrected chi connectivity index (χ1v) is 9.20. The lowest BCUT2D eigenvalue weighted by molar-refractivity contribution is 0.147. The first kappa shape index (κ1) is 19.3. The third-order valence-electron chi connectivity index (χ3n) is 4.99. The molecule has 1 atom stereocenters. The fraction of sp³-hybridized carbons (Fsp3) is 0.381. The Morgan fingerprint density at radius 2 is 2.19 bits per heavy atom. The molecule has 1 saturated heterocycles. The van der Waals surface area contributed by atoms with Crippen LogP contribution < -0.4 is 5.32 Å². The SMILES string of the molecule is CN1CCCC1CCOC(=O)Nc1ccc(CO)cc1-c1cccc(F)c1. The number of carbonyl (C=O) groups excluding carboxylic acids is 1. The number of nitrogens with one attached hydrogen (secondary N) is 1. The Labute approximate surface area is 158 Å². The molecule has 1 aliphatic rings. The van der Waals surface area contributed by atoms with Gasteiger partial charge in [0.1, 0.15) is 5.82 Å². The van der Waals surface area contributed by atoms with Gasteiger partial charge in [-0.2, -0.15) is 0 Å². The van der Waals surface area contributed by atoms with E-state index in [1.807, 2.05) is 0 Å². The number of hydrogen-bond acceptors (Lipinski definition) is 4. The summed E-state index contributed by atoms with van der Waals surface area (Å²) >= 11 is 0. The van der Waals surface area contributed by atoms with Gasteiger partial charge in [-0.05, 0) is 68.2 Å². The van der Waals surface area contributed by atoms with Crippen molar-refractivity contribution in [3.05, 3.63) is 53.8 Å². The lowest BCUT2D eigenvalue weighted by Gasteiger charge is -2.19. The van der Waals surface area contributed by atoms with E-state index in [1.165, 1.54) is 18.6 Å². The van der Waals surface area contributed by atoms with Crippen molar-refractivity contribution in [3.8, 4) is 11.1 Å². The zero-order valence-corrected chi connectivity index (χ0v) is 15.5. The number of nitrogens with zero attached hydrogens (tertiary/aromatic N) is 1. The van der Waals surface area contributed by atoms with Gasteiger partial charge in [-0.1, -0.05) is 18.2 Å². The Morgan fingerprint density at radius 1 is 1.33 bits per heavy atom. The van der Waals surface area contributed by atoms with E-state index in [0.717, 1.165) is 19.4 Å². The highest BCUT2D eigenvalue weighted by Gasteiger charge is 2.21. The Kier molecular flexibility index (Phi) is 6.42. The lowest BCUT2D eigenvalue weighted by atomic mass is 10.0. The second kappa shape index (κ2) is 8.97. The number of likely N-dealkylation sites (tertiary alicyclic amines) is 1. The van der Waals surface area contributed by atoms with E-state index in [-0.39, 0.29) is 12.4 Å². The summed E-state index contributed by atoms with van der Waals surface area (Å²) in [5.74, 6) is -0.365. The maximum Gasteiger partial charge on any atom is 0.411 e. The predicted molar refractivity (Wildman–Crippen MR) is 103 cm³/mol. The van der Waals surface area contributed by atoms with Crippen molar-refractivity contribution in [2.45, 2.75) is 31.9 Å². The van der Waals surface area contributed by atoms with Crippen LogP contribution in [0, 0.1) is 5.82 Å². The zero-order chi connectivity index (χ0) is 19.2. The molecule has 1 fully saturated rings. The van der Waals surface area contributed by atoms with Crippen molar-refractivity contribution >= 4 is 11.8 Å². The van der Waals surface area contributed by atoms with Crippen molar-refractivity contribution in [1.82, 2.24) is 4.90 Å². The molecular formula is C21H25FN2O3. The third-order valence-corrected chi connectivity index (χ3v) is 4.99. The number of benzene rings is 2. The Morgan fingerprint density at radius 3 is 2.89 bits per heavy atom. The monoisotopic (exact) mass is 372 g/mol. The molecule has 1 unspecified atom stereocenters. The molecular weight excluding hydrogens is 347 g/mol. The summed E-state index contributed by atoms with van der Waals surface area (Å²) in [6, 6.07) is 11.7. The van der Waals surface area contributed by atoms with Crippen molar-refractivity contribution in [3.63, 3.8) is 0 Å². The zero-order valence-electron chi connectivity index (χ0n) is 15.5. The van der Waals surface area contributed by atoms with Gasteiger partial charge in [0.2, 0.25) is 0 Å². The van der Waals surface area contributed by atoms with Crippen LogP contribution in [0.15, 0.2) is 42.5 Å². The normalized spacial score (nSPS) is 17.1. The van der Waals surface area contributed by atoms with Gasteiger partial charge in [0.05, 0.1) is 18.9 Å². The quantitative estimate of drug-likeness (QED) is 0.804. The van der Waals surface area contributed by atoms with Crippen LogP contribution in [-0.4, -0.2) is 42.3 Å². The molecule has 27 heavy (non-hydrogen) atoms. The highest BCUT2D eigenvalue weighted by Crippen LogP contribution is 2.30. The number of carbonyl (C=O) groups is 1. The molecule has 0 aromatic heterocycles. The van der Waals surface area contributed by atoms with E-state index in [0.29, 0.717) is 35.0 Å².